The second-order valence-electron chi connectivity index (χ2n) is 6.52. The molecule has 0 radical (unpaired) electrons. The van der Waals surface area contributed by atoms with Gasteiger partial charge in [-0.2, -0.15) is 0 Å². The van der Waals surface area contributed by atoms with Gasteiger partial charge in [-0.05, 0) is 30.2 Å². The minimum absolute atomic E-state index is 0.0743. The summed E-state index contributed by atoms with van der Waals surface area (Å²) < 4.78 is 16.7. The fourth-order valence-electron chi connectivity index (χ4n) is 3.06. The number of rotatable bonds is 4. The highest BCUT2D eigenvalue weighted by atomic mass is 16.6. The van der Waals surface area contributed by atoms with Gasteiger partial charge in [0.25, 0.3) is 5.91 Å². The van der Waals surface area contributed by atoms with E-state index < -0.39 is 12.0 Å². The zero-order chi connectivity index (χ0) is 19.5. The molecule has 1 atom stereocenters. The van der Waals surface area contributed by atoms with E-state index >= 15 is 0 Å². The number of nitrogens with one attached hydrogen (secondary N) is 2. The third kappa shape index (κ3) is 3.64. The number of benzene rings is 2. The van der Waals surface area contributed by atoms with Gasteiger partial charge in [-0.15, -0.1) is 0 Å². The molecule has 1 aromatic heterocycles. The minimum atomic E-state index is -0.836. The average Bonchev–Trinajstić information content (AvgIpc) is 3.13. The van der Waals surface area contributed by atoms with Crippen molar-refractivity contribution in [2.45, 2.75) is 25.9 Å². The summed E-state index contributed by atoms with van der Waals surface area (Å²) in [7, 11) is 0. The van der Waals surface area contributed by atoms with E-state index in [1.807, 2.05) is 24.3 Å². The summed E-state index contributed by atoms with van der Waals surface area (Å²) in [6, 6.07) is 13.0. The first-order valence-electron chi connectivity index (χ1n) is 9.10. The predicted octanol–water partition coefficient (Wildman–Crippen LogP) is 2.53. The lowest BCUT2D eigenvalue weighted by Crippen LogP contribution is -2.51. The minimum Gasteiger partial charge on any atom is -0.485 e. The molecule has 2 N–H and O–H groups in total. The van der Waals surface area contributed by atoms with Crippen molar-refractivity contribution in [3.63, 3.8) is 0 Å². The molecule has 1 aliphatic heterocycles. The van der Waals surface area contributed by atoms with Gasteiger partial charge in [-0.1, -0.05) is 31.2 Å². The molecule has 3 aromatic rings. The number of carbonyl (C=O) groups excluding carboxylic acids is 2. The van der Waals surface area contributed by atoms with Crippen LogP contribution in [-0.4, -0.2) is 24.5 Å². The van der Waals surface area contributed by atoms with Gasteiger partial charge < -0.3 is 13.9 Å². The van der Waals surface area contributed by atoms with Crippen molar-refractivity contribution in [3.8, 4) is 11.5 Å². The van der Waals surface area contributed by atoms with Crippen LogP contribution in [0.25, 0.3) is 11.0 Å². The number of amides is 2. The van der Waals surface area contributed by atoms with Gasteiger partial charge in [0.2, 0.25) is 12.0 Å². The van der Waals surface area contributed by atoms with Crippen LogP contribution in [0.4, 0.5) is 0 Å². The smallest absolute Gasteiger partial charge is 0.283 e. The number of aryl methyl sites for hydroxylation is 1. The number of hydrogen-bond donors (Lipinski definition) is 2. The summed E-state index contributed by atoms with van der Waals surface area (Å²) in [6.07, 6.45) is 1.73. The highest BCUT2D eigenvalue weighted by molar-refractivity contribution is 5.89. The second-order valence-corrected chi connectivity index (χ2v) is 6.52. The molecule has 1 aliphatic rings. The molecule has 0 saturated carbocycles. The van der Waals surface area contributed by atoms with Gasteiger partial charge in [0.15, 0.2) is 11.5 Å². The van der Waals surface area contributed by atoms with E-state index in [1.54, 1.807) is 24.5 Å². The molecule has 2 aromatic carbocycles. The highest BCUT2D eigenvalue weighted by Crippen LogP contribution is 2.30. The van der Waals surface area contributed by atoms with Gasteiger partial charge in [0.05, 0.1) is 12.7 Å². The molecule has 2 amide bonds. The fraction of sp³-hybridized carbons (Fsp3) is 0.238. The summed E-state index contributed by atoms with van der Waals surface area (Å²) in [5.41, 5.74) is 7.48. The van der Waals surface area contributed by atoms with E-state index in [9.17, 15) is 9.59 Å². The lowest BCUT2D eigenvalue weighted by Gasteiger charge is -2.25. The van der Waals surface area contributed by atoms with Gasteiger partial charge in [-0.25, -0.2) is 0 Å². The van der Waals surface area contributed by atoms with Crippen molar-refractivity contribution in [1.29, 1.82) is 0 Å². The molecule has 7 heteroatoms. The number of furan rings is 1. The first-order valence-corrected chi connectivity index (χ1v) is 9.10. The Bertz CT molecular complexity index is 1030. The van der Waals surface area contributed by atoms with Crippen LogP contribution in [0.5, 0.6) is 11.5 Å². The average molecular weight is 380 g/mol. The second kappa shape index (κ2) is 7.64. The Morgan fingerprint density at radius 1 is 1.11 bits per heavy atom. The topological polar surface area (TPSA) is 89.8 Å². The van der Waals surface area contributed by atoms with Crippen LogP contribution in [0.15, 0.2) is 53.1 Å². The quantitative estimate of drug-likeness (QED) is 0.679. The normalized spacial score (nSPS) is 15.2. The first-order chi connectivity index (χ1) is 13.6. The van der Waals surface area contributed by atoms with E-state index in [0.29, 0.717) is 11.5 Å². The fourth-order valence-corrected chi connectivity index (χ4v) is 3.06. The highest BCUT2D eigenvalue weighted by Gasteiger charge is 2.27. The van der Waals surface area contributed by atoms with Crippen LogP contribution < -0.4 is 20.3 Å². The van der Waals surface area contributed by atoms with Gasteiger partial charge in [0, 0.05) is 10.9 Å². The number of para-hydroxylation sites is 2. The summed E-state index contributed by atoms with van der Waals surface area (Å²) >= 11 is 0. The molecule has 0 spiro atoms. The maximum Gasteiger partial charge on any atom is 0.283 e. The van der Waals surface area contributed by atoms with Gasteiger partial charge >= 0.3 is 0 Å². The van der Waals surface area contributed by atoms with Gasteiger partial charge in [-0.3, -0.25) is 20.4 Å². The number of hydrazine groups is 1. The molecule has 0 aliphatic carbocycles. The Hall–Kier alpha value is -3.48. The van der Waals surface area contributed by atoms with Crippen LogP contribution in [-0.2, 0) is 22.4 Å². The molecule has 0 saturated heterocycles. The maximum absolute atomic E-state index is 12.2. The summed E-state index contributed by atoms with van der Waals surface area (Å²) in [5, 5.41) is 0.888. The van der Waals surface area contributed by atoms with E-state index in [0.717, 1.165) is 23.0 Å². The van der Waals surface area contributed by atoms with Crippen LogP contribution in [0.1, 0.15) is 18.1 Å². The van der Waals surface area contributed by atoms with Crippen molar-refractivity contribution in [2.75, 3.05) is 6.61 Å². The molecule has 2 heterocycles. The molecule has 0 unspecified atom stereocenters. The number of hydrogen-bond acceptors (Lipinski definition) is 5. The Labute approximate surface area is 161 Å². The third-order valence-electron chi connectivity index (χ3n) is 4.61. The Balaban J connectivity index is 1.33. The molecular formula is C21H20N2O5. The molecule has 0 bridgehead atoms. The van der Waals surface area contributed by atoms with Crippen molar-refractivity contribution in [2.24, 2.45) is 0 Å². The standard InChI is InChI=1S/C21H20N2O5/c1-2-13-7-8-15-14(11-26-18(15)9-13)10-20(24)22-23-21(25)19-12-27-16-5-3-4-6-17(16)28-19/h3-9,11,19H,2,10,12H2,1H3,(H,22,24)(H,23,25)/t19-/m1/s1. The van der Waals surface area contributed by atoms with Crippen LogP contribution in [0.3, 0.4) is 0 Å². The molecule has 4 rings (SSSR count). The van der Waals surface area contributed by atoms with Crippen LogP contribution in [0.2, 0.25) is 0 Å². The van der Waals surface area contributed by atoms with E-state index in [4.69, 9.17) is 13.9 Å². The zero-order valence-electron chi connectivity index (χ0n) is 15.4. The summed E-state index contributed by atoms with van der Waals surface area (Å²) in [5.74, 6) is 0.255. The maximum atomic E-state index is 12.2. The van der Waals surface area contributed by atoms with Crippen LogP contribution >= 0.6 is 0 Å². The predicted molar refractivity (Wildman–Crippen MR) is 102 cm³/mol. The van der Waals surface area contributed by atoms with E-state index in [-0.39, 0.29) is 18.9 Å². The lowest BCUT2D eigenvalue weighted by molar-refractivity contribution is -0.134. The first kappa shape index (κ1) is 17.9. The van der Waals surface area contributed by atoms with Crippen LogP contribution in [0, 0.1) is 0 Å². The largest absolute Gasteiger partial charge is 0.485 e. The summed E-state index contributed by atoms with van der Waals surface area (Å²) in [4.78, 5) is 24.5. The number of fused-ring (bicyclic) bond motifs is 2. The molecule has 7 nitrogen and oxygen atoms in total. The zero-order valence-corrected chi connectivity index (χ0v) is 15.4. The lowest BCUT2D eigenvalue weighted by atomic mass is 10.1. The SMILES string of the molecule is CCc1ccc2c(CC(=O)NNC(=O)[C@H]3COc4ccccc4O3)coc2c1. The van der Waals surface area contributed by atoms with E-state index in [2.05, 4.69) is 17.8 Å². The Kier molecular flexibility index (Phi) is 4.89. The molecule has 0 fully saturated rings. The number of ether oxygens (including phenoxy) is 2. The van der Waals surface area contributed by atoms with Crippen molar-refractivity contribution < 1.29 is 23.5 Å². The van der Waals surface area contributed by atoms with Crippen molar-refractivity contribution >= 4 is 22.8 Å². The number of carbonyl (C=O) groups is 2. The van der Waals surface area contributed by atoms with E-state index in [1.165, 1.54) is 5.56 Å². The Morgan fingerprint density at radius 2 is 1.93 bits per heavy atom. The Morgan fingerprint density at radius 3 is 2.75 bits per heavy atom. The monoisotopic (exact) mass is 380 g/mol. The molecule has 144 valence electrons. The molecular weight excluding hydrogens is 360 g/mol. The van der Waals surface area contributed by atoms with Crippen molar-refractivity contribution in [1.82, 2.24) is 10.9 Å². The van der Waals surface area contributed by atoms with Gasteiger partial charge in [0.1, 0.15) is 12.2 Å². The molecule has 28 heavy (non-hydrogen) atoms. The summed E-state index contributed by atoms with van der Waals surface area (Å²) in [6.45, 7) is 2.14. The van der Waals surface area contributed by atoms with Crippen molar-refractivity contribution in [3.05, 3.63) is 59.9 Å². The third-order valence-corrected chi connectivity index (χ3v) is 4.61.